The van der Waals surface area contributed by atoms with Gasteiger partial charge in [0, 0.05) is 12.1 Å². The number of hydrogen-bond donors (Lipinski definition) is 0. The van der Waals surface area contributed by atoms with Gasteiger partial charge in [0.15, 0.2) is 6.20 Å². The zero-order valence-corrected chi connectivity index (χ0v) is 11.9. The quantitative estimate of drug-likeness (QED) is 0.372. The Hall–Kier alpha value is -2.46. The predicted octanol–water partition coefficient (Wildman–Crippen LogP) is 3.91. The van der Waals surface area contributed by atoms with E-state index in [0.717, 1.165) is 6.20 Å². The summed E-state index contributed by atoms with van der Waals surface area (Å²) >= 11 is 0.232. The first kappa shape index (κ1) is 15.9. The second kappa shape index (κ2) is 6.54. The SMILES string of the molecule is N#CC(=C(Sc1cccc[n+]1[O-])C(F)(F)F)c1ccccc1. The Morgan fingerprint density at radius 2 is 1.73 bits per heavy atom. The van der Waals surface area contributed by atoms with Crippen LogP contribution in [0.2, 0.25) is 0 Å². The van der Waals surface area contributed by atoms with Gasteiger partial charge in [-0.2, -0.15) is 23.2 Å². The standard InChI is InChI=1S/C15H9F3N2OS/c16-15(17,18)14(22-13-8-4-5-9-20(13)21)12(10-19)11-6-2-1-3-7-11/h1-9H. The van der Waals surface area contributed by atoms with Gasteiger partial charge in [-0.3, -0.25) is 0 Å². The van der Waals surface area contributed by atoms with Crippen molar-refractivity contribution in [2.75, 3.05) is 0 Å². The van der Waals surface area contributed by atoms with Crippen molar-refractivity contribution >= 4 is 17.3 Å². The maximum absolute atomic E-state index is 13.3. The van der Waals surface area contributed by atoms with Crippen LogP contribution < -0.4 is 4.73 Å². The normalized spacial score (nSPS) is 12.5. The number of hydrogen-bond acceptors (Lipinski definition) is 3. The van der Waals surface area contributed by atoms with E-state index < -0.39 is 16.7 Å². The molecule has 0 spiro atoms. The lowest BCUT2D eigenvalue weighted by atomic mass is 10.1. The van der Waals surface area contributed by atoms with E-state index in [1.54, 1.807) is 24.3 Å². The van der Waals surface area contributed by atoms with Crippen molar-refractivity contribution < 1.29 is 17.9 Å². The molecule has 0 saturated carbocycles. The first-order chi connectivity index (χ1) is 10.4. The summed E-state index contributed by atoms with van der Waals surface area (Å²) in [6.07, 6.45) is -3.64. The van der Waals surface area contributed by atoms with Crippen LogP contribution in [0.1, 0.15) is 5.56 Å². The van der Waals surface area contributed by atoms with Gasteiger partial charge in [0.05, 0.1) is 5.57 Å². The molecule has 22 heavy (non-hydrogen) atoms. The van der Waals surface area contributed by atoms with Crippen molar-refractivity contribution in [3.8, 4) is 6.07 Å². The Morgan fingerprint density at radius 1 is 1.09 bits per heavy atom. The Kier molecular flexibility index (Phi) is 4.73. The third-order valence-corrected chi connectivity index (χ3v) is 3.82. The van der Waals surface area contributed by atoms with Gasteiger partial charge in [-0.05, 0) is 23.4 Å². The van der Waals surface area contributed by atoms with Gasteiger partial charge < -0.3 is 5.21 Å². The molecule has 0 saturated heterocycles. The highest BCUT2D eigenvalue weighted by Gasteiger charge is 2.39. The van der Waals surface area contributed by atoms with Crippen LogP contribution in [0.25, 0.3) is 5.57 Å². The van der Waals surface area contributed by atoms with Gasteiger partial charge in [0.25, 0.3) is 5.03 Å². The molecule has 0 unspecified atom stereocenters. The van der Waals surface area contributed by atoms with Crippen LogP contribution in [-0.2, 0) is 0 Å². The Morgan fingerprint density at radius 3 is 2.27 bits per heavy atom. The van der Waals surface area contributed by atoms with Crippen LogP contribution in [0.3, 0.4) is 0 Å². The number of aromatic nitrogens is 1. The van der Waals surface area contributed by atoms with Crippen molar-refractivity contribution in [3.63, 3.8) is 0 Å². The maximum Gasteiger partial charge on any atom is 0.424 e. The highest BCUT2D eigenvalue weighted by atomic mass is 32.2. The molecular weight excluding hydrogens is 313 g/mol. The molecule has 0 radical (unpaired) electrons. The molecule has 0 aliphatic carbocycles. The fraction of sp³-hybridized carbons (Fsp3) is 0.0667. The number of nitrogens with zero attached hydrogens (tertiary/aromatic N) is 2. The third-order valence-electron chi connectivity index (χ3n) is 2.65. The summed E-state index contributed by atoms with van der Waals surface area (Å²) < 4.78 is 40.3. The summed E-state index contributed by atoms with van der Waals surface area (Å²) in [7, 11) is 0. The third kappa shape index (κ3) is 3.59. The van der Waals surface area contributed by atoms with E-state index in [2.05, 4.69) is 0 Å². The zero-order chi connectivity index (χ0) is 16.2. The second-order valence-electron chi connectivity index (χ2n) is 4.15. The van der Waals surface area contributed by atoms with Gasteiger partial charge in [-0.25, -0.2) is 0 Å². The molecule has 0 fully saturated rings. The van der Waals surface area contributed by atoms with Crippen molar-refractivity contribution in [2.45, 2.75) is 11.2 Å². The lowest BCUT2D eigenvalue weighted by molar-refractivity contribution is -0.645. The van der Waals surface area contributed by atoms with Gasteiger partial charge in [0.1, 0.15) is 11.0 Å². The van der Waals surface area contributed by atoms with Crippen LogP contribution in [0.15, 0.2) is 64.7 Å². The molecule has 0 N–H and O–H groups in total. The summed E-state index contributed by atoms with van der Waals surface area (Å²) in [6, 6.07) is 13.3. The van der Waals surface area contributed by atoms with Crippen LogP contribution in [0.5, 0.6) is 0 Å². The number of rotatable bonds is 3. The maximum atomic E-state index is 13.3. The Balaban J connectivity index is 2.58. The minimum Gasteiger partial charge on any atom is -0.618 e. The molecule has 1 aromatic heterocycles. The topological polar surface area (TPSA) is 50.7 Å². The lowest BCUT2D eigenvalue weighted by Crippen LogP contribution is -2.28. The van der Waals surface area contributed by atoms with E-state index >= 15 is 0 Å². The number of thioether (sulfide) groups is 1. The first-order valence-corrected chi connectivity index (χ1v) is 6.88. The monoisotopic (exact) mass is 322 g/mol. The van der Waals surface area contributed by atoms with Gasteiger partial charge in [-0.1, -0.05) is 30.3 Å². The minimum absolute atomic E-state index is 0.151. The fourth-order valence-electron chi connectivity index (χ4n) is 1.70. The molecule has 0 aliphatic rings. The first-order valence-electron chi connectivity index (χ1n) is 6.06. The average molecular weight is 322 g/mol. The number of benzene rings is 1. The van der Waals surface area contributed by atoms with Crippen molar-refractivity contribution in [3.05, 3.63) is 70.4 Å². The van der Waals surface area contributed by atoms with E-state index in [1.165, 1.54) is 30.3 Å². The van der Waals surface area contributed by atoms with Crippen LogP contribution in [-0.4, -0.2) is 6.18 Å². The summed E-state index contributed by atoms with van der Waals surface area (Å²) in [5.41, 5.74) is -0.361. The highest BCUT2D eigenvalue weighted by Crippen LogP contribution is 2.42. The summed E-state index contributed by atoms with van der Waals surface area (Å²) in [5.74, 6) is 0. The van der Waals surface area contributed by atoms with Crippen molar-refractivity contribution in [1.29, 1.82) is 5.26 Å². The number of pyridine rings is 1. The van der Waals surface area contributed by atoms with Crippen molar-refractivity contribution in [1.82, 2.24) is 0 Å². The number of nitriles is 1. The zero-order valence-electron chi connectivity index (χ0n) is 11.0. The Labute approximate surface area is 128 Å². The average Bonchev–Trinajstić information content (AvgIpc) is 2.49. The molecular formula is C15H9F3N2OS. The Bertz CT molecular complexity index is 736. The molecule has 7 heteroatoms. The number of halogens is 3. The van der Waals surface area contributed by atoms with Crippen molar-refractivity contribution in [2.24, 2.45) is 0 Å². The molecule has 0 aliphatic heterocycles. The molecule has 1 aromatic carbocycles. The molecule has 112 valence electrons. The molecule has 0 bridgehead atoms. The van der Waals surface area contributed by atoms with E-state index in [9.17, 15) is 18.4 Å². The van der Waals surface area contributed by atoms with E-state index in [1.807, 2.05) is 0 Å². The van der Waals surface area contributed by atoms with Gasteiger partial charge in [0.2, 0.25) is 0 Å². The molecule has 0 amide bonds. The molecule has 1 heterocycles. The van der Waals surface area contributed by atoms with E-state index in [-0.39, 0.29) is 22.4 Å². The van der Waals surface area contributed by atoms with Crippen LogP contribution in [0.4, 0.5) is 13.2 Å². The van der Waals surface area contributed by atoms with Crippen LogP contribution in [0, 0.1) is 16.5 Å². The highest BCUT2D eigenvalue weighted by molar-refractivity contribution is 8.03. The van der Waals surface area contributed by atoms with Crippen LogP contribution >= 0.6 is 11.8 Å². The largest absolute Gasteiger partial charge is 0.618 e. The number of allylic oxidation sites excluding steroid dienone is 2. The fourth-order valence-corrected chi connectivity index (χ4v) is 2.59. The summed E-state index contributed by atoms with van der Waals surface area (Å²) in [4.78, 5) is -1.11. The smallest absolute Gasteiger partial charge is 0.424 e. The molecule has 3 nitrogen and oxygen atoms in total. The second-order valence-corrected chi connectivity index (χ2v) is 5.18. The van der Waals surface area contributed by atoms with Gasteiger partial charge >= 0.3 is 6.18 Å². The minimum atomic E-state index is -4.74. The summed E-state index contributed by atoms with van der Waals surface area (Å²) in [6.45, 7) is 0. The van der Waals surface area contributed by atoms with E-state index in [4.69, 9.17) is 5.26 Å². The molecule has 2 rings (SSSR count). The predicted molar refractivity (Wildman–Crippen MR) is 76.3 cm³/mol. The van der Waals surface area contributed by atoms with E-state index in [0.29, 0.717) is 4.73 Å². The molecule has 2 aromatic rings. The van der Waals surface area contributed by atoms with Gasteiger partial charge in [-0.15, -0.1) is 0 Å². The summed E-state index contributed by atoms with van der Waals surface area (Å²) in [5, 5.41) is 20.6. The molecule has 0 atom stereocenters. The number of alkyl halides is 3. The lowest BCUT2D eigenvalue weighted by Gasteiger charge is -2.13.